The van der Waals surface area contributed by atoms with Crippen LogP contribution in [0.15, 0.2) is 60.7 Å². The molecule has 2 aliphatic heterocycles. The van der Waals surface area contributed by atoms with Crippen LogP contribution in [0.3, 0.4) is 0 Å². The van der Waals surface area contributed by atoms with Gasteiger partial charge in [0, 0.05) is 38.0 Å². The molecule has 5 nitrogen and oxygen atoms in total. The second kappa shape index (κ2) is 9.22. The fraction of sp³-hybridized carbons (Fsp3) is 0.576. The van der Waals surface area contributed by atoms with Gasteiger partial charge in [0.25, 0.3) is 0 Å². The van der Waals surface area contributed by atoms with E-state index in [1.165, 1.54) is 36.8 Å². The SMILES string of the molecule is O=C(CC12CC3CC1CC(c1ccccc1)(C3)C2)NCC(=O)N1CCC2(CCN(Cc3ccccc3)C2)C1. The van der Waals surface area contributed by atoms with Gasteiger partial charge < -0.3 is 10.2 Å². The van der Waals surface area contributed by atoms with E-state index in [9.17, 15) is 9.59 Å². The van der Waals surface area contributed by atoms with Gasteiger partial charge in [-0.2, -0.15) is 0 Å². The van der Waals surface area contributed by atoms with Gasteiger partial charge in [-0.1, -0.05) is 60.7 Å². The molecule has 1 N–H and O–H groups in total. The van der Waals surface area contributed by atoms with E-state index in [2.05, 4.69) is 70.9 Å². The first-order valence-corrected chi connectivity index (χ1v) is 14.8. The smallest absolute Gasteiger partial charge is 0.241 e. The van der Waals surface area contributed by atoms with Crippen LogP contribution in [0.2, 0.25) is 0 Å². The number of likely N-dealkylation sites (tertiary alicyclic amines) is 2. The molecule has 4 bridgehead atoms. The normalized spacial score (nSPS) is 35.4. The van der Waals surface area contributed by atoms with Gasteiger partial charge in [-0.3, -0.25) is 14.5 Å². The Hall–Kier alpha value is -2.66. The Morgan fingerprint density at radius 3 is 2.47 bits per heavy atom. The van der Waals surface area contributed by atoms with Crippen LogP contribution in [-0.4, -0.2) is 54.3 Å². The highest BCUT2D eigenvalue weighted by molar-refractivity contribution is 5.85. The van der Waals surface area contributed by atoms with Crippen molar-refractivity contribution in [2.24, 2.45) is 22.7 Å². The number of rotatable bonds is 7. The van der Waals surface area contributed by atoms with E-state index in [-0.39, 0.29) is 34.6 Å². The van der Waals surface area contributed by atoms with E-state index >= 15 is 0 Å². The number of hydrogen-bond acceptors (Lipinski definition) is 3. The average Bonchev–Trinajstić information content (AvgIpc) is 3.64. The number of nitrogens with zero attached hydrogens (tertiary/aromatic N) is 2. The first-order valence-electron chi connectivity index (χ1n) is 14.8. The summed E-state index contributed by atoms with van der Waals surface area (Å²) in [5, 5.41) is 3.06. The molecule has 5 unspecified atom stereocenters. The summed E-state index contributed by atoms with van der Waals surface area (Å²) >= 11 is 0. The van der Waals surface area contributed by atoms with E-state index in [4.69, 9.17) is 0 Å². The van der Waals surface area contributed by atoms with E-state index in [1.807, 2.05) is 4.90 Å². The zero-order valence-electron chi connectivity index (χ0n) is 22.5. The standard InChI is InChI=1S/C33H41N3O2/c37-29(19-33-17-26-15-28(33)18-32(16-26,22-33)27-9-5-2-6-10-27)34-20-30(38)36-14-12-31(24-36)11-13-35(23-31)21-25-7-3-1-4-8-25/h1-10,26,28H,11-24H2,(H,34,37). The fourth-order valence-electron chi connectivity index (χ4n) is 9.64. The fourth-order valence-corrected chi connectivity index (χ4v) is 9.64. The van der Waals surface area contributed by atoms with E-state index in [1.54, 1.807) is 0 Å². The molecule has 4 saturated carbocycles. The third-order valence-corrected chi connectivity index (χ3v) is 11.1. The van der Waals surface area contributed by atoms with E-state index in [0.29, 0.717) is 12.3 Å². The number of amides is 2. The van der Waals surface area contributed by atoms with Crippen molar-refractivity contribution in [3.8, 4) is 0 Å². The van der Waals surface area contributed by atoms with Crippen molar-refractivity contribution in [1.29, 1.82) is 0 Å². The molecule has 2 aromatic rings. The highest BCUT2D eigenvalue weighted by Gasteiger charge is 2.64. The van der Waals surface area contributed by atoms with Gasteiger partial charge >= 0.3 is 0 Å². The lowest BCUT2D eigenvalue weighted by molar-refractivity contribution is -0.133. The Morgan fingerprint density at radius 1 is 0.895 bits per heavy atom. The van der Waals surface area contributed by atoms with Crippen LogP contribution in [0.25, 0.3) is 0 Å². The third-order valence-electron chi connectivity index (χ3n) is 11.1. The Labute approximate surface area is 227 Å². The number of benzene rings is 2. The van der Waals surface area contributed by atoms with Crippen LogP contribution in [0, 0.1) is 22.7 Å². The van der Waals surface area contributed by atoms with Gasteiger partial charge in [-0.05, 0) is 85.3 Å². The zero-order valence-corrected chi connectivity index (χ0v) is 22.5. The highest BCUT2D eigenvalue weighted by Crippen LogP contribution is 2.71. The molecule has 4 aliphatic carbocycles. The second-order valence-corrected chi connectivity index (χ2v) is 13.6. The number of carbonyl (C=O) groups excluding carboxylic acids is 2. The summed E-state index contributed by atoms with van der Waals surface area (Å²) in [5.41, 5.74) is 3.46. The monoisotopic (exact) mass is 511 g/mol. The van der Waals surface area contributed by atoms with E-state index < -0.39 is 0 Å². The molecule has 200 valence electrons. The molecular formula is C33H41N3O2. The van der Waals surface area contributed by atoms with Crippen LogP contribution in [0.5, 0.6) is 0 Å². The zero-order chi connectivity index (χ0) is 25.8. The molecule has 2 aromatic carbocycles. The molecule has 2 saturated heterocycles. The van der Waals surface area contributed by atoms with Gasteiger partial charge in [-0.15, -0.1) is 0 Å². The predicted molar refractivity (Wildman–Crippen MR) is 148 cm³/mol. The van der Waals surface area contributed by atoms with Gasteiger partial charge in [0.2, 0.25) is 11.8 Å². The molecule has 8 rings (SSSR count). The summed E-state index contributed by atoms with van der Waals surface area (Å²) < 4.78 is 0. The maximum absolute atomic E-state index is 13.2. The summed E-state index contributed by atoms with van der Waals surface area (Å²) in [6, 6.07) is 21.7. The van der Waals surface area contributed by atoms with Gasteiger partial charge in [0.1, 0.15) is 0 Å². The van der Waals surface area contributed by atoms with Crippen molar-refractivity contribution in [2.75, 3.05) is 32.7 Å². The Bertz CT molecular complexity index is 1200. The van der Waals surface area contributed by atoms with Crippen LogP contribution in [-0.2, 0) is 21.5 Å². The van der Waals surface area contributed by atoms with Crippen molar-refractivity contribution in [3.63, 3.8) is 0 Å². The second-order valence-electron chi connectivity index (χ2n) is 13.6. The van der Waals surface area contributed by atoms with Crippen molar-refractivity contribution in [1.82, 2.24) is 15.1 Å². The summed E-state index contributed by atoms with van der Waals surface area (Å²) in [4.78, 5) is 30.9. The van der Waals surface area contributed by atoms with Crippen LogP contribution >= 0.6 is 0 Å². The maximum Gasteiger partial charge on any atom is 0.241 e. The summed E-state index contributed by atoms with van der Waals surface area (Å²) in [6.45, 7) is 4.95. The van der Waals surface area contributed by atoms with Gasteiger partial charge in [-0.25, -0.2) is 0 Å². The molecule has 5 heteroatoms. The topological polar surface area (TPSA) is 52.7 Å². The molecular weight excluding hydrogens is 470 g/mol. The molecule has 6 fully saturated rings. The quantitative estimate of drug-likeness (QED) is 0.583. The molecule has 1 spiro atoms. The molecule has 0 radical (unpaired) electrons. The summed E-state index contributed by atoms with van der Waals surface area (Å²) in [7, 11) is 0. The predicted octanol–water partition coefficient (Wildman–Crippen LogP) is 4.77. The molecule has 5 atom stereocenters. The third kappa shape index (κ3) is 4.27. The first kappa shape index (κ1) is 24.4. The van der Waals surface area contributed by atoms with E-state index in [0.717, 1.165) is 57.9 Å². The van der Waals surface area contributed by atoms with Crippen molar-refractivity contribution in [2.45, 2.75) is 63.3 Å². The molecule has 0 aromatic heterocycles. The Morgan fingerprint density at radius 2 is 1.66 bits per heavy atom. The molecule has 6 aliphatic rings. The van der Waals surface area contributed by atoms with Crippen LogP contribution in [0.1, 0.15) is 62.5 Å². The minimum atomic E-state index is 0.0820. The van der Waals surface area contributed by atoms with Gasteiger partial charge in [0.15, 0.2) is 0 Å². The number of carbonyl (C=O) groups is 2. The Balaban J connectivity index is 0.918. The van der Waals surface area contributed by atoms with Crippen molar-refractivity contribution >= 4 is 11.8 Å². The average molecular weight is 512 g/mol. The molecule has 2 amide bonds. The largest absolute Gasteiger partial charge is 0.347 e. The van der Waals surface area contributed by atoms with Gasteiger partial charge in [0.05, 0.1) is 6.54 Å². The summed E-state index contributed by atoms with van der Waals surface area (Å²) in [6.07, 6.45) is 8.97. The van der Waals surface area contributed by atoms with Crippen molar-refractivity contribution < 1.29 is 9.59 Å². The minimum absolute atomic E-state index is 0.0820. The lowest BCUT2D eigenvalue weighted by Gasteiger charge is -2.41. The highest BCUT2D eigenvalue weighted by atomic mass is 16.2. The lowest BCUT2D eigenvalue weighted by Crippen LogP contribution is -2.42. The minimum Gasteiger partial charge on any atom is -0.347 e. The molecule has 38 heavy (non-hydrogen) atoms. The summed E-state index contributed by atoms with van der Waals surface area (Å²) in [5.74, 6) is 1.58. The number of nitrogens with one attached hydrogen (secondary N) is 1. The number of hydrogen-bond donors (Lipinski definition) is 1. The van der Waals surface area contributed by atoms with Crippen LogP contribution in [0.4, 0.5) is 0 Å². The van der Waals surface area contributed by atoms with Crippen molar-refractivity contribution in [3.05, 3.63) is 71.8 Å². The molecule has 2 heterocycles. The lowest BCUT2D eigenvalue weighted by atomic mass is 9.63. The Kier molecular flexibility index (Phi) is 5.92. The van der Waals surface area contributed by atoms with Crippen LogP contribution < -0.4 is 5.32 Å². The maximum atomic E-state index is 13.2. The first-order chi connectivity index (χ1) is 18.4.